The van der Waals surface area contributed by atoms with Gasteiger partial charge in [0.15, 0.2) is 17.4 Å². The van der Waals surface area contributed by atoms with Gasteiger partial charge in [0.05, 0.1) is 17.7 Å². The fraction of sp³-hybridized carbons (Fsp3) is 0.455. The maximum atomic E-state index is 12.4. The number of nitro benzene ring substituents is 1. The zero-order chi connectivity index (χ0) is 27.8. The fourth-order valence-electron chi connectivity index (χ4n) is 4.66. The second-order valence-corrected chi connectivity index (χ2v) is 9.32. The Morgan fingerprint density at radius 3 is 2.69 bits per heavy atom. The van der Waals surface area contributed by atoms with Gasteiger partial charge in [-0.3, -0.25) is 24.5 Å². The number of ether oxygens (including phenoxy) is 1. The first-order valence-corrected chi connectivity index (χ1v) is 12.1. The molecule has 39 heavy (non-hydrogen) atoms. The third kappa shape index (κ3) is 5.00. The van der Waals surface area contributed by atoms with Crippen LogP contribution in [0.2, 0.25) is 0 Å². The molecule has 208 valence electrons. The number of piperazine rings is 1. The summed E-state index contributed by atoms with van der Waals surface area (Å²) >= 11 is 0. The molecule has 4 heterocycles. The molecule has 0 saturated carbocycles. The second-order valence-electron chi connectivity index (χ2n) is 9.32. The third-order valence-corrected chi connectivity index (χ3v) is 6.76. The Morgan fingerprint density at radius 1 is 1.28 bits per heavy atom. The van der Waals surface area contributed by atoms with Gasteiger partial charge in [0.1, 0.15) is 24.0 Å². The van der Waals surface area contributed by atoms with E-state index < -0.39 is 41.6 Å². The number of imidazole rings is 1. The van der Waals surface area contributed by atoms with Gasteiger partial charge in [0.2, 0.25) is 11.9 Å². The number of benzene rings is 1. The molecule has 0 unspecified atom stereocenters. The monoisotopic (exact) mass is 544 g/mol. The van der Waals surface area contributed by atoms with Crippen molar-refractivity contribution in [2.45, 2.75) is 24.5 Å². The van der Waals surface area contributed by atoms with Crippen molar-refractivity contribution in [1.29, 1.82) is 0 Å². The van der Waals surface area contributed by atoms with Crippen molar-refractivity contribution in [2.24, 2.45) is 5.10 Å². The third-order valence-electron chi connectivity index (χ3n) is 6.76. The molecule has 2 aromatic heterocycles. The van der Waals surface area contributed by atoms with Gasteiger partial charge in [-0.2, -0.15) is 10.1 Å². The molecule has 2 aliphatic rings. The molecule has 0 aliphatic carbocycles. The van der Waals surface area contributed by atoms with Crippen molar-refractivity contribution in [2.75, 3.05) is 55.9 Å². The van der Waals surface area contributed by atoms with E-state index in [9.17, 15) is 30.2 Å². The summed E-state index contributed by atoms with van der Waals surface area (Å²) in [5.74, 6) is -0.313. The molecule has 1 aromatic carbocycles. The first-order chi connectivity index (χ1) is 18.7. The number of nitrogen functional groups attached to an aromatic ring is 1. The summed E-state index contributed by atoms with van der Waals surface area (Å²) in [5, 5.41) is 46.2. The molecule has 5 rings (SSSR count). The normalized spacial score (nSPS) is 24.2. The van der Waals surface area contributed by atoms with Crippen molar-refractivity contribution in [3.63, 3.8) is 0 Å². The summed E-state index contributed by atoms with van der Waals surface area (Å²) < 4.78 is 6.79. The molecule has 17 heteroatoms. The number of aromatic amines is 1. The van der Waals surface area contributed by atoms with E-state index in [1.807, 2.05) is 11.9 Å². The van der Waals surface area contributed by atoms with E-state index in [0.717, 1.165) is 13.1 Å². The Balaban J connectivity index is 1.45. The average molecular weight is 545 g/mol. The Morgan fingerprint density at radius 2 is 2.03 bits per heavy atom. The van der Waals surface area contributed by atoms with Gasteiger partial charge in [-0.15, -0.1) is 0 Å². The number of aliphatic hydroxyl groups excluding tert-OH is 3. The molecular formula is C22H28N10O7. The van der Waals surface area contributed by atoms with E-state index in [2.05, 4.69) is 30.4 Å². The average Bonchev–Trinajstić information content (AvgIpc) is 3.40. The number of H-pyrrole nitrogens is 1. The predicted molar refractivity (Wildman–Crippen MR) is 140 cm³/mol. The molecule has 17 nitrogen and oxygen atoms in total. The van der Waals surface area contributed by atoms with Gasteiger partial charge in [-0.05, 0) is 13.1 Å². The van der Waals surface area contributed by atoms with Crippen molar-refractivity contribution in [3.05, 3.63) is 44.2 Å². The first-order valence-electron chi connectivity index (χ1n) is 12.1. The van der Waals surface area contributed by atoms with Gasteiger partial charge >= 0.3 is 0 Å². The van der Waals surface area contributed by atoms with E-state index in [1.165, 1.54) is 16.8 Å². The van der Waals surface area contributed by atoms with E-state index in [1.54, 1.807) is 12.1 Å². The van der Waals surface area contributed by atoms with Crippen molar-refractivity contribution in [3.8, 4) is 0 Å². The molecule has 0 radical (unpaired) electrons. The van der Waals surface area contributed by atoms with Crippen LogP contribution in [0.3, 0.4) is 0 Å². The lowest BCUT2D eigenvalue weighted by Crippen LogP contribution is -2.44. The lowest BCUT2D eigenvalue weighted by molar-refractivity contribution is -0.384. The smallest absolute Gasteiger partial charge is 0.293 e. The van der Waals surface area contributed by atoms with Crippen molar-refractivity contribution >= 4 is 40.6 Å². The summed E-state index contributed by atoms with van der Waals surface area (Å²) in [4.78, 5) is 38.5. The van der Waals surface area contributed by atoms with E-state index >= 15 is 0 Å². The molecule has 0 spiro atoms. The minimum Gasteiger partial charge on any atom is -0.394 e. The summed E-state index contributed by atoms with van der Waals surface area (Å²) in [6.45, 7) is 2.36. The van der Waals surface area contributed by atoms with E-state index in [4.69, 9.17) is 10.5 Å². The summed E-state index contributed by atoms with van der Waals surface area (Å²) in [5.41, 5.74) is 8.35. The minimum absolute atomic E-state index is 0.0593. The van der Waals surface area contributed by atoms with Crippen LogP contribution in [-0.2, 0) is 4.74 Å². The molecule has 3 aromatic rings. The van der Waals surface area contributed by atoms with E-state index in [-0.39, 0.29) is 28.7 Å². The number of nitrogens with zero attached hydrogens (tertiary/aromatic N) is 7. The molecule has 2 fully saturated rings. The number of nitro groups is 1. The van der Waals surface area contributed by atoms with Crippen LogP contribution in [0.25, 0.3) is 11.2 Å². The van der Waals surface area contributed by atoms with Gasteiger partial charge in [-0.1, -0.05) is 6.07 Å². The largest absolute Gasteiger partial charge is 0.394 e. The number of hydrogen-bond acceptors (Lipinski definition) is 14. The molecule has 7 N–H and O–H groups in total. The molecule has 0 amide bonds. The number of hydrogen-bond donors (Lipinski definition) is 6. The standard InChI is InChI=1S/C22H28N10O7/c1-29-4-6-30(7-5-29)12-3-2-11(8-13(12)32(37)38)9-24-28-22-25-15-18(26-21(23)27-19(15)36)31(22)20-17(35)16(34)14(10-33)39-20/h2-3,8-9,14,16-17,20,33-35H,4-7,10H2,1H3,(H,25,28)(H3,23,26,27,36)/b24-9-/t14-,16+,17-,20+/m0/s1. The number of nitrogens with one attached hydrogen (secondary N) is 2. The Bertz CT molecular complexity index is 1470. The summed E-state index contributed by atoms with van der Waals surface area (Å²) in [7, 11) is 2.00. The van der Waals surface area contributed by atoms with Crippen LogP contribution in [0.1, 0.15) is 11.8 Å². The number of nitrogens with two attached hydrogens (primary N) is 1. The highest BCUT2D eigenvalue weighted by molar-refractivity contribution is 5.84. The van der Waals surface area contributed by atoms with Crippen LogP contribution in [0.4, 0.5) is 23.3 Å². The zero-order valence-electron chi connectivity index (χ0n) is 20.8. The lowest BCUT2D eigenvalue weighted by Gasteiger charge is -2.33. The second kappa shape index (κ2) is 10.5. The Hall–Kier alpha value is -4.16. The highest BCUT2D eigenvalue weighted by Gasteiger charge is 2.45. The van der Waals surface area contributed by atoms with Gasteiger partial charge < -0.3 is 35.6 Å². The highest BCUT2D eigenvalue weighted by atomic mass is 16.6. The predicted octanol–water partition coefficient (Wildman–Crippen LogP) is -1.58. The minimum atomic E-state index is -1.50. The molecule has 0 bridgehead atoms. The summed E-state index contributed by atoms with van der Waals surface area (Å²) in [6.07, 6.45) is -3.99. The Kier molecular flexibility index (Phi) is 7.15. The van der Waals surface area contributed by atoms with Crippen LogP contribution < -0.4 is 21.6 Å². The van der Waals surface area contributed by atoms with Crippen LogP contribution in [0, 0.1) is 10.1 Å². The zero-order valence-corrected chi connectivity index (χ0v) is 20.8. The maximum absolute atomic E-state index is 12.4. The first kappa shape index (κ1) is 26.4. The van der Waals surface area contributed by atoms with Crippen LogP contribution in [-0.4, -0.2) is 109 Å². The van der Waals surface area contributed by atoms with Crippen LogP contribution in [0.5, 0.6) is 0 Å². The number of likely N-dealkylation sites (N-methyl/N-ethyl adjacent to an activating group) is 1. The van der Waals surface area contributed by atoms with Crippen LogP contribution >= 0.6 is 0 Å². The van der Waals surface area contributed by atoms with Gasteiger partial charge in [0, 0.05) is 37.8 Å². The number of anilines is 3. The van der Waals surface area contributed by atoms with Gasteiger partial charge in [0.25, 0.3) is 11.2 Å². The number of aliphatic hydroxyl groups is 3. The summed E-state index contributed by atoms with van der Waals surface area (Å²) in [6, 6.07) is 4.76. The van der Waals surface area contributed by atoms with E-state index in [0.29, 0.717) is 24.3 Å². The molecule has 4 atom stereocenters. The van der Waals surface area contributed by atoms with Gasteiger partial charge in [-0.25, -0.2) is 10.4 Å². The topological polar surface area (TPSA) is 234 Å². The molecule has 2 saturated heterocycles. The quantitative estimate of drug-likeness (QED) is 0.112. The number of aromatic nitrogens is 4. The highest BCUT2D eigenvalue weighted by Crippen LogP contribution is 2.34. The molecule has 2 aliphatic heterocycles. The SMILES string of the molecule is CN1CCN(c2ccc(/C=N\Nc3nc4c(=O)[nH]c(N)nc4n3[C@@H]3O[C@@H](CO)[C@@H](O)[C@@H]3O)cc2[N+](=O)[O-])CC1. The maximum Gasteiger partial charge on any atom is 0.293 e. The number of rotatable bonds is 7. The number of hydrazone groups is 1. The van der Waals surface area contributed by atoms with Crippen LogP contribution in [0.15, 0.2) is 28.1 Å². The Labute approximate surface area is 220 Å². The fourth-order valence-corrected chi connectivity index (χ4v) is 4.66. The number of fused-ring (bicyclic) bond motifs is 1. The molecular weight excluding hydrogens is 516 g/mol. The lowest BCUT2D eigenvalue weighted by atomic mass is 10.1. The van der Waals surface area contributed by atoms with Crippen molar-refractivity contribution < 1.29 is 25.0 Å². The van der Waals surface area contributed by atoms with Crippen molar-refractivity contribution in [1.82, 2.24) is 24.4 Å².